The fourth-order valence-corrected chi connectivity index (χ4v) is 14.1. The Kier molecular flexibility index (Phi) is 152. The van der Waals surface area contributed by atoms with Crippen LogP contribution in [0.25, 0.3) is 0 Å². The van der Waals surface area contributed by atoms with Crippen molar-refractivity contribution in [2.75, 3.05) is 49.4 Å². The van der Waals surface area contributed by atoms with E-state index in [-0.39, 0.29) is 100 Å². The van der Waals surface area contributed by atoms with Crippen molar-refractivity contribution in [3.63, 3.8) is 0 Å². The minimum Gasteiger partial charge on any atom is -0.789 e. The fraction of sp³-hybridized carbons (Fsp3) is 0.882. The molecule has 0 saturated heterocycles. The minimum absolute atomic E-state index is 0. The zero-order chi connectivity index (χ0) is 82.2. The quantitative estimate of drug-likeness (QED) is 0.0145. The summed E-state index contributed by atoms with van der Waals surface area (Å²) in [6.07, 6.45) is 117. The summed E-state index contributed by atoms with van der Waals surface area (Å²) >= 11 is 19.0. The third-order valence-corrected chi connectivity index (χ3v) is 21.6. The maximum atomic E-state index is 11.3. The van der Waals surface area contributed by atoms with Crippen molar-refractivity contribution in [2.45, 2.75) is 531 Å². The molecular formula is C102H198O8S5Sn2. The van der Waals surface area contributed by atoms with Crippen molar-refractivity contribution in [1.82, 2.24) is 0 Å². The Morgan fingerprint density at radius 3 is 0.402 bits per heavy atom. The van der Waals surface area contributed by atoms with Crippen molar-refractivity contribution in [1.29, 1.82) is 0 Å². The first-order chi connectivity index (χ1) is 55.2. The molecule has 0 unspecified atom stereocenters. The third-order valence-electron chi connectivity index (χ3n) is 21.0. The molecule has 0 aromatic carbocycles. The second kappa shape index (κ2) is 132. The van der Waals surface area contributed by atoms with E-state index in [0.717, 1.165) is 51.4 Å². The first kappa shape index (κ1) is 135. The molecule has 0 saturated carbocycles. The summed E-state index contributed by atoms with van der Waals surface area (Å²) in [7, 11) is 0. The number of carbonyl (C=O) groups excluding carboxylic acids is 4. The maximum absolute atomic E-state index is 11.3. The van der Waals surface area contributed by atoms with Gasteiger partial charge < -0.3 is 69.5 Å². The van der Waals surface area contributed by atoms with Gasteiger partial charge in [0.2, 0.25) is 0 Å². The van der Waals surface area contributed by atoms with E-state index in [9.17, 15) is 19.2 Å². The van der Waals surface area contributed by atoms with Crippen LogP contribution < -0.4 is 0 Å². The summed E-state index contributed by atoms with van der Waals surface area (Å²) in [5.41, 5.74) is 0. The normalized spacial score (nSPS) is 10.9. The van der Waals surface area contributed by atoms with Gasteiger partial charge in [-0.3, -0.25) is 19.2 Å². The summed E-state index contributed by atoms with van der Waals surface area (Å²) in [5.74, 6) is 1.66. The number of hydrogen-bond donors (Lipinski definition) is 0. The monoisotopic (exact) mass is 1950 g/mol. The van der Waals surface area contributed by atoms with Crippen LogP contribution in [0.1, 0.15) is 531 Å². The third kappa shape index (κ3) is 140. The summed E-state index contributed by atoms with van der Waals surface area (Å²) in [5, 5.41) is 0. The molecule has 0 bridgehead atoms. The van der Waals surface area contributed by atoms with Gasteiger partial charge in [-0.1, -0.05) is 425 Å². The standard InChI is InChI=1S/4C25H48O2S.2CH4.H2S.2Sn/c4*1-2-3-4-5-6-7-8-9-10-11-12-13-14-15-16-17-18-19-20-21-22-25(26)27-23-24-28;;;;;/h4*12-13,28H,2-11,14-24H2,1H3;2*1H4;1H2;;/q;;;;;;;2*+2/p-4/b4*13-12+;;;;;. The smallest absolute Gasteiger partial charge is 0.789 e. The summed E-state index contributed by atoms with van der Waals surface area (Å²) < 4.78 is 19.9. The number of hydrogen-bond acceptors (Lipinski definition) is 12. The Morgan fingerprint density at radius 2 is 0.291 bits per heavy atom. The minimum atomic E-state index is -0.0842. The molecular weight excluding hydrogens is 1750 g/mol. The first-order valence-electron chi connectivity index (χ1n) is 48.8. The average molecular weight is 1950 g/mol. The SMILES string of the molecule is C.C.CCCCCCCCCCC/C=C/CCCCCCCCCC(=O)OCC[S-].CCCCCCCCCCC/C=C/CCCCCCCCCC(=O)OCC[S-].CCCCCCCCCCC/C=C/CCCCCCCCCC(=O)OCC[S-].CCCCCCCCCCC/C=C/CCCCCCCCCC(=O)OCC[S-].S.[Sn+2].[Sn+2]. The molecule has 0 atom stereocenters. The van der Waals surface area contributed by atoms with E-state index in [1.807, 2.05) is 0 Å². The molecule has 0 fully saturated rings. The van der Waals surface area contributed by atoms with E-state index in [0.29, 0.717) is 75.1 Å². The molecule has 0 rings (SSSR count). The zero-order valence-electron chi connectivity index (χ0n) is 76.4. The van der Waals surface area contributed by atoms with Crippen LogP contribution in [-0.4, -0.2) is 121 Å². The van der Waals surface area contributed by atoms with Gasteiger partial charge in [0, 0.05) is 25.7 Å². The molecule has 0 aliphatic carbocycles. The van der Waals surface area contributed by atoms with Gasteiger partial charge in [0.05, 0.1) is 26.4 Å². The molecule has 0 aromatic rings. The van der Waals surface area contributed by atoms with Crippen LogP contribution in [0.4, 0.5) is 0 Å². The molecule has 15 heteroatoms. The van der Waals surface area contributed by atoms with E-state index >= 15 is 0 Å². The fourth-order valence-electron chi connectivity index (χ4n) is 13.8. The van der Waals surface area contributed by atoms with E-state index in [2.05, 4.69) is 76.3 Å². The van der Waals surface area contributed by atoms with Gasteiger partial charge in [-0.05, 0) is 128 Å². The van der Waals surface area contributed by atoms with E-state index in [1.54, 1.807) is 0 Å². The van der Waals surface area contributed by atoms with Crippen molar-refractivity contribution in [3.8, 4) is 0 Å². The topological polar surface area (TPSA) is 105 Å². The maximum Gasteiger partial charge on any atom is 2.00 e. The first-order valence-corrected chi connectivity index (χ1v) is 51.1. The number of esters is 4. The summed E-state index contributed by atoms with van der Waals surface area (Å²) in [4.78, 5) is 45.3. The van der Waals surface area contributed by atoms with Crippen LogP contribution in [0.2, 0.25) is 0 Å². The van der Waals surface area contributed by atoms with Crippen molar-refractivity contribution in [3.05, 3.63) is 48.6 Å². The molecule has 0 aliphatic rings. The van der Waals surface area contributed by atoms with E-state index < -0.39 is 0 Å². The Hall–Kier alpha value is 0.187. The van der Waals surface area contributed by atoms with Gasteiger partial charge >= 0.3 is 71.7 Å². The number of unbranched alkanes of at least 4 members (excludes halogenated alkanes) is 64. The number of rotatable bonds is 88. The summed E-state index contributed by atoms with van der Waals surface area (Å²) in [6, 6.07) is 0. The van der Waals surface area contributed by atoms with Crippen LogP contribution in [0, 0.1) is 0 Å². The number of carbonyl (C=O) groups is 4. The van der Waals surface area contributed by atoms with Crippen LogP contribution >= 0.6 is 13.5 Å². The Bertz CT molecular complexity index is 1650. The molecule has 0 heterocycles. The molecule has 0 N–H and O–H groups in total. The van der Waals surface area contributed by atoms with Gasteiger partial charge in [0.1, 0.15) is 0 Å². The van der Waals surface area contributed by atoms with Gasteiger partial charge in [0.15, 0.2) is 0 Å². The largest absolute Gasteiger partial charge is 2.00 e. The van der Waals surface area contributed by atoms with Crippen LogP contribution in [0.15, 0.2) is 48.6 Å². The molecule has 0 amide bonds. The molecule has 4 radical (unpaired) electrons. The molecule has 117 heavy (non-hydrogen) atoms. The zero-order valence-corrected chi connectivity index (χ0v) is 86.4. The Balaban J connectivity index is -0.000000187. The van der Waals surface area contributed by atoms with Gasteiger partial charge in [-0.2, -0.15) is 13.5 Å². The predicted octanol–water partition coefficient (Wildman–Crippen LogP) is 32.9. The second-order valence-electron chi connectivity index (χ2n) is 32.1. The number of ether oxygens (including phenoxy) is 4. The predicted molar refractivity (Wildman–Crippen MR) is 538 cm³/mol. The molecule has 0 aliphatic heterocycles. The van der Waals surface area contributed by atoms with Crippen LogP contribution in [0.5, 0.6) is 0 Å². The van der Waals surface area contributed by atoms with Crippen LogP contribution in [0.3, 0.4) is 0 Å². The molecule has 8 nitrogen and oxygen atoms in total. The molecule has 692 valence electrons. The average Bonchev–Trinajstić information content (AvgIpc) is 1.08. The van der Waals surface area contributed by atoms with Gasteiger partial charge in [-0.15, -0.1) is 23.0 Å². The van der Waals surface area contributed by atoms with Crippen molar-refractivity contribution in [2.24, 2.45) is 0 Å². The van der Waals surface area contributed by atoms with E-state index in [1.165, 1.54) is 411 Å². The van der Waals surface area contributed by atoms with Gasteiger partial charge in [-0.25, -0.2) is 0 Å². The number of allylic oxidation sites excluding steroid dienone is 8. The van der Waals surface area contributed by atoms with Gasteiger partial charge in [0.25, 0.3) is 0 Å². The Labute approximate surface area is 795 Å². The van der Waals surface area contributed by atoms with Crippen molar-refractivity contribution >= 4 is 136 Å². The van der Waals surface area contributed by atoms with Crippen LogP contribution in [-0.2, 0) is 88.6 Å². The second-order valence-corrected chi connectivity index (χ2v) is 33.7. The molecule has 0 aromatic heterocycles. The summed E-state index contributed by atoms with van der Waals surface area (Å²) in [6.45, 7) is 10.7. The van der Waals surface area contributed by atoms with Crippen molar-refractivity contribution < 1.29 is 38.1 Å². The molecule has 0 spiro atoms. The van der Waals surface area contributed by atoms with E-state index in [4.69, 9.17) is 69.5 Å². The Morgan fingerprint density at radius 1 is 0.188 bits per heavy atom.